The average molecular weight is 455 g/mol. The summed E-state index contributed by atoms with van der Waals surface area (Å²) in [6, 6.07) is 15.5. The molecular formula is C23H22N2O4S2. The van der Waals surface area contributed by atoms with Gasteiger partial charge in [0, 0.05) is 27.0 Å². The smallest absolute Gasteiger partial charge is 0.353 e. The highest BCUT2D eigenvalue weighted by atomic mass is 32.2. The van der Waals surface area contributed by atoms with E-state index in [9.17, 15) is 18.3 Å². The molecule has 0 saturated heterocycles. The molecule has 4 rings (SSSR count). The predicted molar refractivity (Wildman–Crippen MR) is 125 cm³/mol. The summed E-state index contributed by atoms with van der Waals surface area (Å²) in [6.45, 7) is 6.20. The molecule has 2 heterocycles. The standard InChI is InChI=1S/C23H22N2O4S2/c1-23(2,3)14-6-9-16(10-7-14)31(28,29)25-15-8-11-18-17(13-15)20(19-5-4-12-30-19)21(24-18)22(26)27/h4-13,24-25H,1-3H3,(H,26,27). The van der Waals surface area contributed by atoms with E-state index in [1.54, 1.807) is 30.3 Å². The Morgan fingerprint density at radius 3 is 2.35 bits per heavy atom. The van der Waals surface area contributed by atoms with E-state index in [1.807, 2.05) is 29.6 Å². The van der Waals surface area contributed by atoms with Gasteiger partial charge in [-0.15, -0.1) is 11.3 Å². The van der Waals surface area contributed by atoms with E-state index < -0.39 is 16.0 Å². The number of anilines is 1. The molecule has 6 nitrogen and oxygen atoms in total. The van der Waals surface area contributed by atoms with Crippen LogP contribution in [0.25, 0.3) is 21.3 Å². The lowest BCUT2D eigenvalue weighted by Crippen LogP contribution is -2.14. The fourth-order valence-electron chi connectivity index (χ4n) is 3.44. The maximum absolute atomic E-state index is 12.9. The average Bonchev–Trinajstić information content (AvgIpc) is 3.34. The first-order chi connectivity index (χ1) is 14.6. The van der Waals surface area contributed by atoms with Crippen LogP contribution in [0.1, 0.15) is 36.8 Å². The van der Waals surface area contributed by atoms with E-state index >= 15 is 0 Å². The van der Waals surface area contributed by atoms with Crippen molar-refractivity contribution in [3.8, 4) is 10.4 Å². The quantitative estimate of drug-likeness (QED) is 0.360. The van der Waals surface area contributed by atoms with E-state index in [1.165, 1.54) is 11.3 Å². The van der Waals surface area contributed by atoms with Crippen LogP contribution in [0.2, 0.25) is 0 Å². The molecule has 31 heavy (non-hydrogen) atoms. The summed E-state index contributed by atoms with van der Waals surface area (Å²) in [5, 5.41) is 12.1. The van der Waals surface area contributed by atoms with Crippen molar-refractivity contribution in [2.45, 2.75) is 31.1 Å². The minimum absolute atomic E-state index is 0.0743. The second kappa shape index (κ2) is 7.55. The maximum Gasteiger partial charge on any atom is 0.353 e. The molecule has 0 amide bonds. The van der Waals surface area contributed by atoms with Gasteiger partial charge in [0.25, 0.3) is 10.0 Å². The first kappa shape index (κ1) is 21.1. The fourth-order valence-corrected chi connectivity index (χ4v) is 5.28. The van der Waals surface area contributed by atoms with Gasteiger partial charge in [0.1, 0.15) is 5.69 Å². The number of rotatable bonds is 5. The van der Waals surface area contributed by atoms with E-state index in [4.69, 9.17) is 0 Å². The first-order valence-corrected chi connectivity index (χ1v) is 12.0. The molecule has 0 fully saturated rings. The molecule has 2 aromatic heterocycles. The van der Waals surface area contributed by atoms with E-state index in [0.29, 0.717) is 22.2 Å². The number of aromatic carboxylic acids is 1. The summed E-state index contributed by atoms with van der Waals surface area (Å²) in [4.78, 5) is 15.6. The normalized spacial score (nSPS) is 12.2. The monoisotopic (exact) mass is 454 g/mol. The highest BCUT2D eigenvalue weighted by Gasteiger charge is 2.21. The number of hydrogen-bond donors (Lipinski definition) is 3. The van der Waals surface area contributed by atoms with Crippen LogP contribution in [0, 0.1) is 0 Å². The van der Waals surface area contributed by atoms with Gasteiger partial charge in [-0.05, 0) is 52.8 Å². The van der Waals surface area contributed by atoms with Gasteiger partial charge in [0.2, 0.25) is 0 Å². The predicted octanol–water partition coefficient (Wildman–Crippen LogP) is 5.69. The van der Waals surface area contributed by atoms with Gasteiger partial charge in [-0.3, -0.25) is 4.72 Å². The zero-order valence-electron chi connectivity index (χ0n) is 17.3. The molecule has 0 aliphatic rings. The van der Waals surface area contributed by atoms with Gasteiger partial charge < -0.3 is 10.1 Å². The lowest BCUT2D eigenvalue weighted by Gasteiger charge is -2.19. The number of nitrogens with one attached hydrogen (secondary N) is 2. The number of aromatic amines is 1. The van der Waals surface area contributed by atoms with Gasteiger partial charge in [-0.2, -0.15) is 0 Å². The molecule has 0 atom stereocenters. The van der Waals surface area contributed by atoms with Crippen LogP contribution >= 0.6 is 11.3 Å². The topological polar surface area (TPSA) is 99.3 Å². The maximum atomic E-state index is 12.9. The van der Waals surface area contributed by atoms with Crippen LogP contribution in [0.4, 0.5) is 5.69 Å². The Morgan fingerprint density at radius 2 is 1.77 bits per heavy atom. The number of benzene rings is 2. The lowest BCUT2D eigenvalue weighted by atomic mass is 9.87. The Hall–Kier alpha value is -3.10. The van der Waals surface area contributed by atoms with Crippen LogP contribution in [-0.2, 0) is 15.4 Å². The van der Waals surface area contributed by atoms with Gasteiger partial charge in [0.05, 0.1) is 4.90 Å². The van der Waals surface area contributed by atoms with Crippen LogP contribution in [0.3, 0.4) is 0 Å². The molecule has 3 N–H and O–H groups in total. The summed E-state index contributed by atoms with van der Waals surface area (Å²) >= 11 is 1.42. The Bertz CT molecular complexity index is 1360. The van der Waals surface area contributed by atoms with Gasteiger partial charge in [-0.25, -0.2) is 13.2 Å². The Labute approximate surface area is 184 Å². The second-order valence-electron chi connectivity index (χ2n) is 8.30. The number of thiophene rings is 1. The Kier molecular flexibility index (Phi) is 5.15. The first-order valence-electron chi connectivity index (χ1n) is 9.62. The second-order valence-corrected chi connectivity index (χ2v) is 10.9. The Morgan fingerprint density at radius 1 is 1.06 bits per heavy atom. The van der Waals surface area contributed by atoms with Crippen LogP contribution in [0.5, 0.6) is 0 Å². The fraction of sp³-hybridized carbons (Fsp3) is 0.174. The van der Waals surface area contributed by atoms with E-state index in [0.717, 1.165) is 10.4 Å². The number of fused-ring (bicyclic) bond motifs is 1. The van der Waals surface area contributed by atoms with Crippen molar-refractivity contribution in [2.75, 3.05) is 4.72 Å². The third-order valence-corrected chi connectivity index (χ3v) is 7.35. The number of aromatic nitrogens is 1. The van der Waals surface area contributed by atoms with Gasteiger partial charge in [-0.1, -0.05) is 39.0 Å². The van der Waals surface area contributed by atoms with Gasteiger partial charge in [0.15, 0.2) is 0 Å². The minimum Gasteiger partial charge on any atom is -0.477 e. The summed E-state index contributed by atoms with van der Waals surface area (Å²) in [6.07, 6.45) is 0. The molecule has 0 saturated carbocycles. The molecule has 2 aromatic carbocycles. The summed E-state index contributed by atoms with van der Waals surface area (Å²) in [5.74, 6) is -1.07. The number of hydrogen-bond acceptors (Lipinski definition) is 4. The highest BCUT2D eigenvalue weighted by molar-refractivity contribution is 7.92. The number of H-pyrrole nitrogens is 1. The van der Waals surface area contributed by atoms with Crippen molar-refractivity contribution in [1.29, 1.82) is 0 Å². The van der Waals surface area contributed by atoms with Crippen molar-refractivity contribution in [3.05, 3.63) is 71.2 Å². The van der Waals surface area contributed by atoms with Gasteiger partial charge >= 0.3 is 5.97 Å². The highest BCUT2D eigenvalue weighted by Crippen LogP contribution is 2.37. The number of carbonyl (C=O) groups is 1. The Balaban J connectivity index is 1.73. The van der Waals surface area contributed by atoms with Crippen LogP contribution in [-0.4, -0.2) is 24.5 Å². The molecule has 0 radical (unpaired) electrons. The molecular weight excluding hydrogens is 432 g/mol. The molecule has 4 aromatic rings. The summed E-state index contributed by atoms with van der Waals surface area (Å²) in [7, 11) is -3.79. The molecule has 0 bridgehead atoms. The SMILES string of the molecule is CC(C)(C)c1ccc(S(=O)(=O)Nc2ccc3[nH]c(C(=O)O)c(-c4cccs4)c3c2)cc1. The molecule has 0 spiro atoms. The third-order valence-electron chi connectivity index (χ3n) is 5.06. The van der Waals surface area contributed by atoms with Crippen molar-refractivity contribution in [3.63, 3.8) is 0 Å². The number of carboxylic acids is 1. The third kappa shape index (κ3) is 4.08. The summed E-state index contributed by atoms with van der Waals surface area (Å²) in [5.41, 5.74) is 2.58. The van der Waals surface area contributed by atoms with Crippen molar-refractivity contribution in [2.24, 2.45) is 0 Å². The number of sulfonamides is 1. The lowest BCUT2D eigenvalue weighted by molar-refractivity contribution is 0.0692. The van der Waals surface area contributed by atoms with Crippen molar-refractivity contribution >= 4 is 43.9 Å². The van der Waals surface area contributed by atoms with E-state index in [2.05, 4.69) is 30.5 Å². The minimum atomic E-state index is -3.79. The van der Waals surface area contributed by atoms with Crippen molar-refractivity contribution < 1.29 is 18.3 Å². The molecule has 0 aliphatic carbocycles. The zero-order valence-corrected chi connectivity index (χ0v) is 18.9. The van der Waals surface area contributed by atoms with Crippen LogP contribution < -0.4 is 4.72 Å². The molecule has 8 heteroatoms. The van der Waals surface area contributed by atoms with Crippen LogP contribution in [0.15, 0.2) is 64.9 Å². The van der Waals surface area contributed by atoms with Crippen molar-refractivity contribution in [1.82, 2.24) is 4.98 Å². The molecule has 0 aliphatic heterocycles. The number of carboxylic acid groups (broad SMARTS) is 1. The summed E-state index contributed by atoms with van der Waals surface area (Å²) < 4.78 is 28.4. The largest absolute Gasteiger partial charge is 0.477 e. The molecule has 0 unspecified atom stereocenters. The zero-order chi connectivity index (χ0) is 22.4. The van der Waals surface area contributed by atoms with E-state index in [-0.39, 0.29) is 16.0 Å². The molecule has 160 valence electrons.